The quantitative estimate of drug-likeness (QED) is 0.790. The molecular formula is C17H20N2O2. The van der Waals surface area contributed by atoms with Crippen LogP contribution in [0.25, 0.3) is 0 Å². The first kappa shape index (κ1) is 15.1. The summed E-state index contributed by atoms with van der Waals surface area (Å²) < 4.78 is 0. The Morgan fingerprint density at radius 3 is 2.48 bits per heavy atom. The van der Waals surface area contributed by atoms with Crippen LogP contribution in [0.2, 0.25) is 0 Å². The fourth-order valence-electron chi connectivity index (χ4n) is 1.98. The van der Waals surface area contributed by atoms with Gasteiger partial charge in [-0.05, 0) is 54.9 Å². The Morgan fingerprint density at radius 2 is 1.86 bits per heavy atom. The van der Waals surface area contributed by atoms with Crippen LogP contribution in [0.5, 0.6) is 5.75 Å². The van der Waals surface area contributed by atoms with Gasteiger partial charge in [0, 0.05) is 17.8 Å². The van der Waals surface area contributed by atoms with Crippen LogP contribution in [-0.4, -0.2) is 17.6 Å². The first-order valence-corrected chi connectivity index (χ1v) is 7.00. The van der Waals surface area contributed by atoms with Gasteiger partial charge in [-0.1, -0.05) is 19.1 Å². The maximum absolute atomic E-state index is 12.1. The highest BCUT2D eigenvalue weighted by Crippen LogP contribution is 2.18. The number of carbonyl (C=O) groups excluding carboxylic acids is 1. The Balaban J connectivity index is 2.03. The highest BCUT2D eigenvalue weighted by Gasteiger charge is 2.07. The molecule has 0 aliphatic heterocycles. The van der Waals surface area contributed by atoms with Gasteiger partial charge in [0.2, 0.25) is 0 Å². The van der Waals surface area contributed by atoms with Crippen molar-refractivity contribution in [3.63, 3.8) is 0 Å². The molecule has 0 radical (unpaired) electrons. The normalized spacial score (nSPS) is 10.4. The van der Waals surface area contributed by atoms with Crippen LogP contribution >= 0.6 is 0 Å². The molecule has 4 nitrogen and oxygen atoms in total. The highest BCUT2D eigenvalue weighted by atomic mass is 16.3. The summed E-state index contributed by atoms with van der Waals surface area (Å²) in [5.74, 6) is 0.0110. The van der Waals surface area contributed by atoms with Crippen molar-refractivity contribution in [2.75, 3.05) is 11.9 Å². The molecule has 0 saturated heterocycles. The van der Waals surface area contributed by atoms with Crippen molar-refractivity contribution < 1.29 is 9.90 Å². The lowest BCUT2D eigenvalue weighted by Gasteiger charge is -2.08. The van der Waals surface area contributed by atoms with Gasteiger partial charge in [0.05, 0.1) is 0 Å². The molecule has 0 saturated carbocycles. The van der Waals surface area contributed by atoms with E-state index in [1.165, 1.54) is 11.6 Å². The van der Waals surface area contributed by atoms with Crippen LogP contribution in [0, 0.1) is 6.92 Å². The first-order chi connectivity index (χ1) is 10.1. The lowest BCUT2D eigenvalue weighted by atomic mass is 10.1. The minimum Gasteiger partial charge on any atom is -0.508 e. The fourth-order valence-corrected chi connectivity index (χ4v) is 1.98. The minimum atomic E-state index is -0.183. The number of carbonyl (C=O) groups is 1. The predicted octanol–water partition coefficient (Wildman–Crippen LogP) is 3.06. The number of anilines is 1. The molecule has 0 atom stereocenters. The predicted molar refractivity (Wildman–Crippen MR) is 84.6 cm³/mol. The number of hydrogen-bond acceptors (Lipinski definition) is 3. The number of benzene rings is 2. The molecule has 0 aliphatic rings. The molecule has 0 unspecified atom stereocenters. The molecule has 21 heavy (non-hydrogen) atoms. The molecule has 2 rings (SSSR count). The summed E-state index contributed by atoms with van der Waals surface area (Å²) in [6, 6.07) is 12.6. The van der Waals surface area contributed by atoms with E-state index in [0.717, 1.165) is 18.8 Å². The number of nitrogens with one attached hydrogen (secondary N) is 2. The summed E-state index contributed by atoms with van der Waals surface area (Å²) in [6.07, 6.45) is 0. The van der Waals surface area contributed by atoms with Crippen LogP contribution in [0.1, 0.15) is 28.4 Å². The van der Waals surface area contributed by atoms with E-state index >= 15 is 0 Å². The van der Waals surface area contributed by atoms with Crippen molar-refractivity contribution in [1.29, 1.82) is 0 Å². The third-order valence-electron chi connectivity index (χ3n) is 3.25. The Morgan fingerprint density at radius 1 is 1.14 bits per heavy atom. The minimum absolute atomic E-state index is 0.183. The van der Waals surface area contributed by atoms with Crippen molar-refractivity contribution >= 4 is 11.6 Å². The summed E-state index contributed by atoms with van der Waals surface area (Å²) >= 11 is 0. The van der Waals surface area contributed by atoms with Gasteiger partial charge in [0.15, 0.2) is 0 Å². The molecule has 1 amide bonds. The molecule has 4 heteroatoms. The van der Waals surface area contributed by atoms with Crippen molar-refractivity contribution in [2.45, 2.75) is 20.4 Å². The number of aromatic hydroxyl groups is 1. The standard InChI is InChI=1S/C17H20N2O2/c1-3-18-11-13-4-7-15(8-5-13)19-17(21)14-6-9-16(20)12(2)10-14/h4-10,18,20H,3,11H2,1-2H3,(H,19,21). The first-order valence-electron chi connectivity index (χ1n) is 7.00. The molecule has 0 heterocycles. The summed E-state index contributed by atoms with van der Waals surface area (Å²) in [7, 11) is 0. The van der Waals surface area contributed by atoms with Gasteiger partial charge in [-0.25, -0.2) is 0 Å². The maximum Gasteiger partial charge on any atom is 0.255 e. The number of aryl methyl sites for hydroxylation is 1. The lowest BCUT2D eigenvalue weighted by Crippen LogP contribution is -2.13. The van der Waals surface area contributed by atoms with E-state index in [2.05, 4.69) is 17.6 Å². The van der Waals surface area contributed by atoms with E-state index in [1.807, 2.05) is 24.3 Å². The number of hydrogen-bond donors (Lipinski definition) is 3. The molecule has 2 aromatic rings. The van der Waals surface area contributed by atoms with Gasteiger partial charge < -0.3 is 15.7 Å². The molecule has 0 aliphatic carbocycles. The molecule has 2 aromatic carbocycles. The van der Waals surface area contributed by atoms with E-state index in [0.29, 0.717) is 11.1 Å². The third-order valence-corrected chi connectivity index (χ3v) is 3.25. The smallest absolute Gasteiger partial charge is 0.255 e. The van der Waals surface area contributed by atoms with E-state index in [1.54, 1.807) is 19.1 Å². The number of phenols is 1. The summed E-state index contributed by atoms with van der Waals surface area (Å²) in [5, 5.41) is 15.6. The van der Waals surface area contributed by atoms with Crippen molar-refractivity contribution in [1.82, 2.24) is 5.32 Å². The number of rotatable bonds is 5. The van der Waals surface area contributed by atoms with Gasteiger partial charge >= 0.3 is 0 Å². The van der Waals surface area contributed by atoms with Gasteiger partial charge in [0.25, 0.3) is 5.91 Å². The van der Waals surface area contributed by atoms with Crippen molar-refractivity contribution in [2.24, 2.45) is 0 Å². The average Bonchev–Trinajstić information content (AvgIpc) is 2.49. The van der Waals surface area contributed by atoms with E-state index in [-0.39, 0.29) is 11.7 Å². The van der Waals surface area contributed by atoms with E-state index in [9.17, 15) is 9.90 Å². The van der Waals surface area contributed by atoms with Crippen molar-refractivity contribution in [3.05, 3.63) is 59.2 Å². The van der Waals surface area contributed by atoms with Crippen LogP contribution in [0.4, 0.5) is 5.69 Å². The Labute approximate surface area is 124 Å². The lowest BCUT2D eigenvalue weighted by molar-refractivity contribution is 0.102. The largest absolute Gasteiger partial charge is 0.508 e. The Kier molecular flexibility index (Phi) is 4.95. The van der Waals surface area contributed by atoms with Crippen LogP contribution in [-0.2, 0) is 6.54 Å². The fraction of sp³-hybridized carbons (Fsp3) is 0.235. The topological polar surface area (TPSA) is 61.4 Å². The molecule has 0 bridgehead atoms. The van der Waals surface area contributed by atoms with Gasteiger partial charge in [-0.3, -0.25) is 4.79 Å². The SMILES string of the molecule is CCNCc1ccc(NC(=O)c2ccc(O)c(C)c2)cc1. The second-order valence-corrected chi connectivity index (χ2v) is 4.93. The van der Waals surface area contributed by atoms with E-state index in [4.69, 9.17) is 0 Å². The second-order valence-electron chi connectivity index (χ2n) is 4.93. The van der Waals surface area contributed by atoms with Crippen LogP contribution < -0.4 is 10.6 Å². The molecule has 0 fully saturated rings. The Hall–Kier alpha value is -2.33. The summed E-state index contributed by atoms with van der Waals surface area (Å²) in [5.41, 5.74) is 3.15. The van der Waals surface area contributed by atoms with Gasteiger partial charge in [-0.15, -0.1) is 0 Å². The number of phenolic OH excluding ortho intramolecular Hbond substituents is 1. The molecular weight excluding hydrogens is 264 g/mol. The second kappa shape index (κ2) is 6.90. The molecule has 110 valence electrons. The molecule has 3 N–H and O–H groups in total. The van der Waals surface area contributed by atoms with Crippen molar-refractivity contribution in [3.8, 4) is 5.75 Å². The van der Waals surface area contributed by atoms with Crippen LogP contribution in [0.15, 0.2) is 42.5 Å². The maximum atomic E-state index is 12.1. The molecule has 0 aromatic heterocycles. The third kappa shape index (κ3) is 4.07. The van der Waals surface area contributed by atoms with Crippen LogP contribution in [0.3, 0.4) is 0 Å². The molecule has 0 spiro atoms. The summed E-state index contributed by atoms with van der Waals surface area (Å²) in [6.45, 7) is 5.58. The van der Waals surface area contributed by atoms with E-state index < -0.39 is 0 Å². The van der Waals surface area contributed by atoms with Gasteiger partial charge in [-0.2, -0.15) is 0 Å². The highest BCUT2D eigenvalue weighted by molar-refractivity contribution is 6.04. The monoisotopic (exact) mass is 284 g/mol. The zero-order valence-corrected chi connectivity index (χ0v) is 12.3. The summed E-state index contributed by atoms with van der Waals surface area (Å²) in [4.78, 5) is 12.1. The number of amides is 1. The average molecular weight is 284 g/mol. The Bertz CT molecular complexity index is 621. The zero-order valence-electron chi connectivity index (χ0n) is 12.3. The van der Waals surface area contributed by atoms with Gasteiger partial charge in [0.1, 0.15) is 5.75 Å². The zero-order chi connectivity index (χ0) is 15.2.